The quantitative estimate of drug-likeness (QED) is 0.424. The van der Waals surface area contributed by atoms with Gasteiger partial charge in [0.15, 0.2) is 4.90 Å². The molecule has 0 fully saturated rings. The molecule has 1 aromatic heterocycles. The summed E-state index contributed by atoms with van der Waals surface area (Å²) >= 11 is 1.19. The lowest BCUT2D eigenvalue weighted by atomic mass is 9.86. The van der Waals surface area contributed by atoms with Crippen molar-refractivity contribution in [3.63, 3.8) is 0 Å². The number of thiophene rings is 1. The number of rotatable bonds is 6. The minimum Gasteiger partial charge on any atom is -0.462 e. The highest BCUT2D eigenvalue weighted by atomic mass is 32.2. The monoisotopic (exact) mass is 424 g/mol. The van der Waals surface area contributed by atoms with Crippen molar-refractivity contribution in [2.75, 3.05) is 11.3 Å². The third kappa shape index (κ3) is 3.74. The molecule has 2 aromatic rings. The van der Waals surface area contributed by atoms with Gasteiger partial charge in [-0.25, -0.2) is 13.2 Å². The Hall–Kier alpha value is -2.46. The lowest BCUT2D eigenvalue weighted by Crippen LogP contribution is -2.17. The molecule has 0 amide bonds. The molecular weight excluding hydrogens is 404 g/mol. The lowest BCUT2D eigenvalue weighted by molar-refractivity contribution is -0.387. The summed E-state index contributed by atoms with van der Waals surface area (Å²) in [6.45, 7) is 3.83. The van der Waals surface area contributed by atoms with Crippen LogP contribution in [0.1, 0.15) is 53.4 Å². The number of sulfonamides is 1. The van der Waals surface area contributed by atoms with Crippen LogP contribution in [-0.4, -0.2) is 25.9 Å². The first-order chi connectivity index (χ1) is 13.3. The van der Waals surface area contributed by atoms with Crippen LogP contribution in [0.5, 0.6) is 0 Å². The van der Waals surface area contributed by atoms with E-state index in [0.717, 1.165) is 35.8 Å². The number of esters is 1. The molecule has 1 N–H and O–H groups in total. The number of nitrogens with zero attached hydrogens (tertiary/aromatic N) is 1. The summed E-state index contributed by atoms with van der Waals surface area (Å²) in [5, 5.41) is 11.4. The van der Waals surface area contributed by atoms with E-state index >= 15 is 0 Å². The first-order valence-electron chi connectivity index (χ1n) is 8.85. The molecule has 0 spiro atoms. The number of hydrogen-bond donors (Lipinski definition) is 1. The SMILES string of the molecule is CCOC(=O)c1c(NS(=O)(=O)c2ccccc2[N+](=O)[O-])sc2c1C(C)CCC2. The van der Waals surface area contributed by atoms with Gasteiger partial charge < -0.3 is 4.74 Å². The third-order valence-corrected chi connectivity index (χ3v) is 7.32. The van der Waals surface area contributed by atoms with Crippen molar-refractivity contribution < 1.29 is 22.9 Å². The van der Waals surface area contributed by atoms with E-state index in [0.29, 0.717) is 0 Å². The average molecular weight is 425 g/mol. The molecule has 0 radical (unpaired) electrons. The predicted octanol–water partition coefficient (Wildman–Crippen LogP) is 4.07. The number of fused-ring (bicyclic) bond motifs is 1. The van der Waals surface area contributed by atoms with E-state index in [4.69, 9.17) is 4.74 Å². The van der Waals surface area contributed by atoms with Crippen molar-refractivity contribution in [2.45, 2.75) is 43.9 Å². The fourth-order valence-corrected chi connectivity index (χ4v) is 6.23. The number of para-hydroxylation sites is 1. The van der Waals surface area contributed by atoms with Crippen LogP contribution in [-0.2, 0) is 21.2 Å². The van der Waals surface area contributed by atoms with Crippen LogP contribution in [0.4, 0.5) is 10.7 Å². The molecule has 0 saturated heterocycles. The molecule has 3 rings (SSSR count). The van der Waals surface area contributed by atoms with E-state index in [-0.39, 0.29) is 23.1 Å². The Labute approximate surface area is 166 Å². The van der Waals surface area contributed by atoms with Crippen LogP contribution >= 0.6 is 11.3 Å². The number of carbonyl (C=O) groups is 1. The summed E-state index contributed by atoms with van der Waals surface area (Å²) in [5.74, 6) is -0.488. The van der Waals surface area contributed by atoms with Crippen molar-refractivity contribution in [1.29, 1.82) is 0 Å². The molecular formula is C18H20N2O6S2. The predicted molar refractivity (Wildman–Crippen MR) is 106 cm³/mol. The van der Waals surface area contributed by atoms with E-state index in [1.165, 1.54) is 29.5 Å². The second kappa shape index (κ2) is 7.88. The molecule has 10 heteroatoms. The number of nitro benzene ring substituents is 1. The lowest BCUT2D eigenvalue weighted by Gasteiger charge is -2.19. The Morgan fingerprint density at radius 1 is 1.39 bits per heavy atom. The number of anilines is 1. The summed E-state index contributed by atoms with van der Waals surface area (Å²) in [4.78, 5) is 23.6. The van der Waals surface area contributed by atoms with Gasteiger partial charge in [-0.1, -0.05) is 19.1 Å². The molecule has 1 aliphatic rings. The van der Waals surface area contributed by atoms with Gasteiger partial charge in [0.1, 0.15) is 5.00 Å². The van der Waals surface area contributed by atoms with Gasteiger partial charge >= 0.3 is 5.97 Å². The summed E-state index contributed by atoms with van der Waals surface area (Å²) in [7, 11) is -4.27. The van der Waals surface area contributed by atoms with Crippen LogP contribution in [0.3, 0.4) is 0 Å². The van der Waals surface area contributed by atoms with Crippen molar-refractivity contribution in [1.82, 2.24) is 0 Å². The number of nitrogens with one attached hydrogen (secondary N) is 1. The van der Waals surface area contributed by atoms with Gasteiger partial charge in [-0.05, 0) is 43.7 Å². The maximum absolute atomic E-state index is 12.9. The number of aryl methyl sites for hydroxylation is 1. The zero-order valence-electron chi connectivity index (χ0n) is 15.4. The zero-order chi connectivity index (χ0) is 20.5. The molecule has 8 nitrogen and oxygen atoms in total. The fourth-order valence-electron chi connectivity index (χ4n) is 3.40. The zero-order valence-corrected chi connectivity index (χ0v) is 17.1. The first kappa shape index (κ1) is 20.3. The fraction of sp³-hybridized carbons (Fsp3) is 0.389. The maximum atomic E-state index is 12.9. The molecule has 1 heterocycles. The summed E-state index contributed by atoms with van der Waals surface area (Å²) < 4.78 is 33.3. The second-order valence-corrected chi connectivity index (χ2v) is 9.24. The Kier molecular flexibility index (Phi) is 5.71. The second-order valence-electron chi connectivity index (χ2n) is 6.49. The number of benzene rings is 1. The molecule has 150 valence electrons. The number of ether oxygens (including phenoxy) is 1. The van der Waals surface area contributed by atoms with Gasteiger partial charge in [0.25, 0.3) is 15.7 Å². The number of hydrogen-bond acceptors (Lipinski definition) is 7. The Bertz CT molecular complexity index is 1030. The minimum atomic E-state index is -4.27. The smallest absolute Gasteiger partial charge is 0.341 e. The van der Waals surface area contributed by atoms with Crippen LogP contribution in [0.15, 0.2) is 29.2 Å². The van der Waals surface area contributed by atoms with Crippen LogP contribution in [0, 0.1) is 10.1 Å². The summed E-state index contributed by atoms with van der Waals surface area (Å²) in [6.07, 6.45) is 2.60. The van der Waals surface area contributed by atoms with Crippen molar-refractivity contribution in [2.24, 2.45) is 0 Å². The van der Waals surface area contributed by atoms with E-state index < -0.39 is 31.5 Å². The van der Waals surface area contributed by atoms with Gasteiger partial charge in [0, 0.05) is 10.9 Å². The topological polar surface area (TPSA) is 116 Å². The summed E-state index contributed by atoms with van der Waals surface area (Å²) in [5.41, 5.74) is 0.508. The van der Waals surface area contributed by atoms with Gasteiger partial charge in [0.05, 0.1) is 17.1 Å². The molecule has 1 atom stereocenters. The van der Waals surface area contributed by atoms with Crippen LogP contribution < -0.4 is 4.72 Å². The van der Waals surface area contributed by atoms with Gasteiger partial charge in [-0.3, -0.25) is 14.8 Å². The molecule has 1 aliphatic carbocycles. The van der Waals surface area contributed by atoms with Crippen LogP contribution in [0.25, 0.3) is 0 Å². The van der Waals surface area contributed by atoms with Crippen molar-refractivity contribution in [3.05, 3.63) is 50.4 Å². The molecule has 1 unspecified atom stereocenters. The Morgan fingerprint density at radius 3 is 2.79 bits per heavy atom. The highest BCUT2D eigenvalue weighted by Gasteiger charge is 2.33. The van der Waals surface area contributed by atoms with Crippen LogP contribution in [0.2, 0.25) is 0 Å². The summed E-state index contributed by atoms with van der Waals surface area (Å²) in [6, 6.07) is 5.10. The third-order valence-electron chi connectivity index (χ3n) is 4.61. The van der Waals surface area contributed by atoms with E-state index in [1.807, 2.05) is 6.92 Å². The molecule has 28 heavy (non-hydrogen) atoms. The number of carbonyl (C=O) groups excluding carboxylic acids is 1. The molecule has 1 aromatic carbocycles. The van der Waals surface area contributed by atoms with Crippen molar-refractivity contribution >= 4 is 38.0 Å². The Morgan fingerprint density at radius 2 is 2.11 bits per heavy atom. The van der Waals surface area contributed by atoms with Gasteiger partial charge in [0.2, 0.25) is 0 Å². The average Bonchev–Trinajstić information content (AvgIpc) is 3.00. The maximum Gasteiger partial charge on any atom is 0.341 e. The largest absolute Gasteiger partial charge is 0.462 e. The van der Waals surface area contributed by atoms with E-state index in [1.54, 1.807) is 6.92 Å². The van der Waals surface area contributed by atoms with E-state index in [2.05, 4.69) is 4.72 Å². The first-order valence-corrected chi connectivity index (χ1v) is 11.1. The van der Waals surface area contributed by atoms with Crippen molar-refractivity contribution in [3.8, 4) is 0 Å². The van der Waals surface area contributed by atoms with Gasteiger partial charge in [-0.15, -0.1) is 11.3 Å². The minimum absolute atomic E-state index is 0.101. The molecule has 0 bridgehead atoms. The number of nitro groups is 1. The Balaban J connectivity index is 2.10. The normalized spacial score (nSPS) is 16.3. The molecule has 0 saturated carbocycles. The molecule has 0 aliphatic heterocycles. The highest BCUT2D eigenvalue weighted by molar-refractivity contribution is 7.93. The van der Waals surface area contributed by atoms with E-state index in [9.17, 15) is 23.3 Å². The standard InChI is InChI=1S/C18H20N2O6S2/c1-3-26-18(21)16-15-11(2)7-6-9-13(15)27-17(16)19-28(24,25)14-10-5-4-8-12(14)20(22)23/h4-5,8,10-11,19H,3,6-7,9H2,1-2H3. The van der Waals surface area contributed by atoms with Gasteiger partial charge in [-0.2, -0.15) is 0 Å². The highest BCUT2D eigenvalue weighted by Crippen LogP contribution is 2.44.